The zero-order valence-corrected chi connectivity index (χ0v) is 21.0. The lowest BCUT2D eigenvalue weighted by Gasteiger charge is -2.03. The van der Waals surface area contributed by atoms with E-state index in [1.165, 1.54) is 0 Å². The highest BCUT2D eigenvalue weighted by molar-refractivity contribution is 6.26. The Balaban J connectivity index is 1.22. The molecular weight excluding hydrogens is 496 g/mol. The number of hydrogen-bond donors (Lipinski definition) is 0. The molecule has 0 amide bonds. The first kappa shape index (κ1) is 20.5. The maximum atomic E-state index is 6.51. The summed E-state index contributed by atoms with van der Waals surface area (Å²) in [4.78, 5) is 0. The van der Waals surface area contributed by atoms with E-state index in [1.54, 1.807) is 0 Å². The highest BCUT2D eigenvalue weighted by Gasteiger charge is 2.19. The van der Waals surface area contributed by atoms with Crippen molar-refractivity contribution >= 4 is 87.8 Å². The quantitative estimate of drug-likeness (QED) is 0.219. The number of rotatable bonds is 1. The van der Waals surface area contributed by atoms with E-state index in [1.807, 2.05) is 54.6 Å². The van der Waals surface area contributed by atoms with Gasteiger partial charge in [-0.25, -0.2) is 0 Å². The molecule has 0 aliphatic heterocycles. The van der Waals surface area contributed by atoms with Crippen LogP contribution < -0.4 is 0 Å². The number of furan rings is 4. The maximum Gasteiger partial charge on any atom is 0.143 e. The predicted molar refractivity (Wildman–Crippen MR) is 161 cm³/mol. The predicted octanol–water partition coefficient (Wildman–Crippen LogP) is 11.0. The average Bonchev–Trinajstić information content (AvgIpc) is 3.74. The number of para-hydroxylation sites is 3. The van der Waals surface area contributed by atoms with Gasteiger partial charge in [-0.2, -0.15) is 0 Å². The van der Waals surface area contributed by atoms with Crippen molar-refractivity contribution in [2.75, 3.05) is 0 Å². The second kappa shape index (κ2) is 7.13. The Morgan fingerprint density at radius 1 is 0.325 bits per heavy atom. The summed E-state index contributed by atoms with van der Waals surface area (Å²) < 4.78 is 25.2. The van der Waals surface area contributed by atoms with Gasteiger partial charge in [0.15, 0.2) is 0 Å². The highest BCUT2D eigenvalue weighted by atomic mass is 16.3. The van der Waals surface area contributed by atoms with Gasteiger partial charge in [0, 0.05) is 54.7 Å². The van der Waals surface area contributed by atoms with Gasteiger partial charge in [0.1, 0.15) is 44.7 Å². The van der Waals surface area contributed by atoms with E-state index in [2.05, 4.69) is 54.6 Å². The molecular formula is C36H18O4. The van der Waals surface area contributed by atoms with Gasteiger partial charge in [0.2, 0.25) is 0 Å². The maximum absolute atomic E-state index is 6.51. The molecule has 0 bridgehead atoms. The lowest BCUT2D eigenvalue weighted by atomic mass is 9.99. The average molecular weight is 515 g/mol. The summed E-state index contributed by atoms with van der Waals surface area (Å²) in [6.07, 6.45) is 0. The summed E-state index contributed by atoms with van der Waals surface area (Å²) in [7, 11) is 0. The summed E-state index contributed by atoms with van der Waals surface area (Å²) in [5, 5.41) is 8.71. The van der Waals surface area contributed by atoms with Crippen molar-refractivity contribution in [1.82, 2.24) is 0 Å². The van der Waals surface area contributed by atoms with Gasteiger partial charge >= 0.3 is 0 Å². The molecule has 0 unspecified atom stereocenters. The van der Waals surface area contributed by atoms with Crippen LogP contribution in [0.2, 0.25) is 0 Å². The summed E-state index contributed by atoms with van der Waals surface area (Å²) in [6, 6.07) is 37.2. The van der Waals surface area contributed by atoms with Gasteiger partial charge in [0.25, 0.3) is 0 Å². The van der Waals surface area contributed by atoms with Gasteiger partial charge in [-0.3, -0.25) is 0 Å². The normalized spacial score (nSPS) is 12.5. The fourth-order valence-corrected chi connectivity index (χ4v) is 6.49. The van der Waals surface area contributed by atoms with Gasteiger partial charge in [-0.1, -0.05) is 60.7 Å². The van der Waals surface area contributed by atoms with Gasteiger partial charge in [-0.15, -0.1) is 0 Å². The summed E-state index contributed by atoms with van der Waals surface area (Å²) in [6.45, 7) is 0. The molecule has 0 spiro atoms. The van der Waals surface area contributed by atoms with Crippen LogP contribution in [0.1, 0.15) is 0 Å². The van der Waals surface area contributed by atoms with E-state index in [9.17, 15) is 0 Å². The third-order valence-electron chi connectivity index (χ3n) is 8.28. The second-order valence-corrected chi connectivity index (χ2v) is 10.5. The molecule has 40 heavy (non-hydrogen) atoms. The zero-order chi connectivity index (χ0) is 25.9. The van der Waals surface area contributed by atoms with Crippen LogP contribution in [0.15, 0.2) is 127 Å². The molecule has 0 N–H and O–H groups in total. The zero-order valence-electron chi connectivity index (χ0n) is 21.0. The van der Waals surface area contributed by atoms with Crippen LogP contribution in [0.25, 0.3) is 98.9 Å². The van der Waals surface area contributed by atoms with Crippen LogP contribution >= 0.6 is 0 Å². The monoisotopic (exact) mass is 514 g/mol. The molecule has 6 aromatic carbocycles. The molecule has 0 saturated carbocycles. The first-order valence-corrected chi connectivity index (χ1v) is 13.3. The molecule has 10 aromatic rings. The molecule has 4 heteroatoms. The van der Waals surface area contributed by atoms with E-state index in [-0.39, 0.29) is 0 Å². The highest BCUT2D eigenvalue weighted by Crippen LogP contribution is 2.43. The van der Waals surface area contributed by atoms with Crippen molar-refractivity contribution in [1.29, 1.82) is 0 Å². The van der Waals surface area contributed by atoms with Crippen LogP contribution in [-0.2, 0) is 0 Å². The fraction of sp³-hybridized carbons (Fsp3) is 0. The summed E-state index contributed by atoms with van der Waals surface area (Å²) in [5.41, 5.74) is 8.88. The Hall–Kier alpha value is -5.48. The van der Waals surface area contributed by atoms with Crippen molar-refractivity contribution < 1.29 is 17.7 Å². The molecule has 0 aliphatic rings. The summed E-state index contributed by atoms with van der Waals surface area (Å²) in [5.74, 6) is 0. The van der Waals surface area contributed by atoms with E-state index in [4.69, 9.17) is 17.7 Å². The van der Waals surface area contributed by atoms with Gasteiger partial charge < -0.3 is 17.7 Å². The van der Waals surface area contributed by atoms with Crippen LogP contribution in [0, 0.1) is 0 Å². The van der Waals surface area contributed by atoms with Crippen LogP contribution in [-0.4, -0.2) is 0 Å². The van der Waals surface area contributed by atoms with Crippen LogP contribution in [0.5, 0.6) is 0 Å². The van der Waals surface area contributed by atoms with Crippen molar-refractivity contribution in [3.8, 4) is 11.1 Å². The second-order valence-electron chi connectivity index (χ2n) is 10.5. The minimum atomic E-state index is 0.813. The topological polar surface area (TPSA) is 52.6 Å². The lowest BCUT2D eigenvalue weighted by Crippen LogP contribution is -1.79. The Morgan fingerprint density at radius 2 is 0.925 bits per heavy atom. The number of hydrogen-bond acceptors (Lipinski definition) is 4. The lowest BCUT2D eigenvalue weighted by molar-refractivity contribution is 0.656. The molecule has 4 aromatic heterocycles. The molecule has 0 aliphatic carbocycles. The number of fused-ring (bicyclic) bond motifs is 13. The molecule has 10 rings (SSSR count). The van der Waals surface area contributed by atoms with Crippen molar-refractivity contribution in [2.24, 2.45) is 0 Å². The van der Waals surface area contributed by atoms with Crippen molar-refractivity contribution in [3.05, 3.63) is 109 Å². The third-order valence-corrected chi connectivity index (χ3v) is 8.28. The van der Waals surface area contributed by atoms with E-state index >= 15 is 0 Å². The van der Waals surface area contributed by atoms with E-state index in [0.717, 1.165) is 98.9 Å². The first-order chi connectivity index (χ1) is 19.8. The minimum Gasteiger partial charge on any atom is -0.456 e. The molecule has 4 nitrogen and oxygen atoms in total. The molecule has 0 atom stereocenters. The van der Waals surface area contributed by atoms with E-state index in [0.29, 0.717) is 0 Å². The largest absolute Gasteiger partial charge is 0.456 e. The van der Waals surface area contributed by atoms with Crippen molar-refractivity contribution in [3.63, 3.8) is 0 Å². The molecule has 4 heterocycles. The molecule has 0 saturated heterocycles. The molecule has 0 radical (unpaired) electrons. The Bertz CT molecular complexity index is 2660. The van der Waals surface area contributed by atoms with E-state index < -0.39 is 0 Å². The van der Waals surface area contributed by atoms with Gasteiger partial charge in [-0.05, 0) is 48.0 Å². The fourth-order valence-electron chi connectivity index (χ4n) is 6.49. The van der Waals surface area contributed by atoms with Crippen molar-refractivity contribution in [2.45, 2.75) is 0 Å². The standard InChI is InChI=1S/C36H18O4/c1-3-10-27-21(6-1)25-17-26-22-9-5-8-20(36(22)40-33(26)18-32(25)38-27)19-12-13-24-31(16-19)39-30-15-14-29-34(35(24)30)23-7-2-4-11-28(23)37-29/h1-18H. The molecule has 186 valence electrons. The first-order valence-electron chi connectivity index (χ1n) is 13.3. The Kier molecular flexibility index (Phi) is 3.65. The van der Waals surface area contributed by atoms with Gasteiger partial charge in [0.05, 0.1) is 0 Å². The number of benzene rings is 6. The van der Waals surface area contributed by atoms with Crippen LogP contribution in [0.4, 0.5) is 0 Å². The molecule has 0 fully saturated rings. The smallest absolute Gasteiger partial charge is 0.143 e. The Morgan fingerprint density at radius 3 is 1.77 bits per heavy atom. The summed E-state index contributed by atoms with van der Waals surface area (Å²) >= 11 is 0. The van der Waals surface area contributed by atoms with Crippen LogP contribution in [0.3, 0.4) is 0 Å². The third kappa shape index (κ3) is 2.55. The Labute approximate surface area is 225 Å². The minimum absolute atomic E-state index is 0.813. The SMILES string of the molecule is c1ccc2c(c1)oc1cc3oc4c(-c5ccc6c(c5)oc5ccc7oc8ccccc8c7c56)cccc4c3cc12.